The van der Waals surface area contributed by atoms with Crippen LogP contribution in [-0.2, 0) is 13.1 Å². The molecule has 1 aliphatic rings. The number of nitrogens with one attached hydrogen (secondary N) is 1. The molecule has 2 aromatic rings. The van der Waals surface area contributed by atoms with Crippen LogP contribution in [0.3, 0.4) is 0 Å². The zero-order chi connectivity index (χ0) is 18.7. The van der Waals surface area contributed by atoms with E-state index in [0.29, 0.717) is 18.8 Å². The van der Waals surface area contributed by atoms with E-state index in [1.807, 2.05) is 4.90 Å². The molecular formula is C18H21F2N3O3. The Balaban J connectivity index is 1.57. The van der Waals surface area contributed by atoms with Gasteiger partial charge in [0.25, 0.3) is 5.91 Å². The van der Waals surface area contributed by atoms with Crippen molar-refractivity contribution in [3.05, 3.63) is 52.4 Å². The lowest BCUT2D eigenvalue weighted by molar-refractivity contribution is 0.0622. The Bertz CT molecular complexity index is 794. The Morgan fingerprint density at radius 1 is 1.42 bits per heavy atom. The molecule has 0 bridgehead atoms. The van der Waals surface area contributed by atoms with Crippen molar-refractivity contribution >= 4 is 5.91 Å². The topological polar surface area (TPSA) is 78.6 Å². The summed E-state index contributed by atoms with van der Waals surface area (Å²) >= 11 is 0. The van der Waals surface area contributed by atoms with Gasteiger partial charge in [-0.2, -0.15) is 0 Å². The molecule has 1 saturated heterocycles. The summed E-state index contributed by atoms with van der Waals surface area (Å²) < 4.78 is 32.5. The van der Waals surface area contributed by atoms with Gasteiger partial charge in [-0.3, -0.25) is 9.69 Å². The van der Waals surface area contributed by atoms with Gasteiger partial charge in [-0.1, -0.05) is 17.3 Å². The van der Waals surface area contributed by atoms with Crippen molar-refractivity contribution in [2.24, 2.45) is 0 Å². The number of rotatable bonds is 5. The minimum Gasteiger partial charge on any atom is -0.392 e. The van der Waals surface area contributed by atoms with Crippen LogP contribution in [0.1, 0.15) is 40.2 Å². The summed E-state index contributed by atoms with van der Waals surface area (Å²) in [5.74, 6) is -1.89. The van der Waals surface area contributed by atoms with E-state index in [1.54, 1.807) is 0 Å². The summed E-state index contributed by atoms with van der Waals surface area (Å²) in [4.78, 5) is 14.2. The molecule has 2 N–H and O–H groups in total. The molecule has 3 rings (SSSR count). The maximum Gasteiger partial charge on any atom is 0.273 e. The van der Waals surface area contributed by atoms with Gasteiger partial charge in [-0.15, -0.1) is 0 Å². The van der Waals surface area contributed by atoms with Crippen LogP contribution in [0, 0.1) is 18.6 Å². The minimum atomic E-state index is -0.963. The molecule has 0 radical (unpaired) electrons. The second-order valence-electron chi connectivity index (χ2n) is 6.56. The largest absolute Gasteiger partial charge is 0.392 e. The summed E-state index contributed by atoms with van der Waals surface area (Å²) in [6.07, 6.45) is 1.34. The van der Waals surface area contributed by atoms with Crippen LogP contribution in [0.25, 0.3) is 0 Å². The molecule has 6 nitrogen and oxygen atoms in total. The maximum atomic E-state index is 13.8. The number of amides is 1. The zero-order valence-electron chi connectivity index (χ0n) is 14.5. The van der Waals surface area contributed by atoms with Crippen LogP contribution < -0.4 is 5.32 Å². The Morgan fingerprint density at radius 2 is 2.23 bits per heavy atom. The number of hydrogen-bond acceptors (Lipinski definition) is 5. The van der Waals surface area contributed by atoms with Gasteiger partial charge in [0.05, 0.1) is 12.6 Å². The molecule has 0 spiro atoms. The number of aliphatic hydroxyl groups is 1. The van der Waals surface area contributed by atoms with Crippen LogP contribution in [-0.4, -0.2) is 40.3 Å². The number of benzene rings is 1. The summed E-state index contributed by atoms with van der Waals surface area (Å²) in [5.41, 5.74) is 0.347. The number of nitrogens with zero attached hydrogens (tertiary/aromatic N) is 2. The summed E-state index contributed by atoms with van der Waals surface area (Å²) in [6.45, 7) is 3.18. The Hall–Kier alpha value is -2.32. The Kier molecular flexibility index (Phi) is 5.63. The fourth-order valence-corrected chi connectivity index (χ4v) is 2.98. The molecular weight excluding hydrogens is 344 g/mol. The van der Waals surface area contributed by atoms with E-state index in [4.69, 9.17) is 4.52 Å². The fraction of sp³-hybridized carbons (Fsp3) is 0.444. The first-order valence-corrected chi connectivity index (χ1v) is 8.51. The van der Waals surface area contributed by atoms with Crippen molar-refractivity contribution in [1.82, 2.24) is 15.4 Å². The van der Waals surface area contributed by atoms with Crippen LogP contribution in [0.4, 0.5) is 8.78 Å². The third-order valence-corrected chi connectivity index (χ3v) is 4.45. The molecule has 0 saturated carbocycles. The van der Waals surface area contributed by atoms with E-state index < -0.39 is 17.5 Å². The van der Waals surface area contributed by atoms with Gasteiger partial charge in [0, 0.05) is 24.7 Å². The number of hydrogen-bond donors (Lipinski definition) is 2. The SMILES string of the molecule is Cc1ccc(CNC(=O)c2cc(CN3CCC[C@@H](O)C3)on2)c(F)c1F. The van der Waals surface area contributed by atoms with Crippen LogP contribution >= 0.6 is 0 Å². The van der Waals surface area contributed by atoms with Crippen LogP contribution in [0.5, 0.6) is 0 Å². The first-order valence-electron chi connectivity index (χ1n) is 8.51. The molecule has 8 heteroatoms. The number of carbonyl (C=O) groups is 1. The highest BCUT2D eigenvalue weighted by Crippen LogP contribution is 2.16. The molecule has 1 fully saturated rings. The predicted octanol–water partition coefficient (Wildman–Crippen LogP) is 2.15. The maximum absolute atomic E-state index is 13.8. The van der Waals surface area contributed by atoms with Gasteiger partial charge >= 0.3 is 0 Å². The normalized spacial score (nSPS) is 18.1. The smallest absolute Gasteiger partial charge is 0.273 e. The average molecular weight is 365 g/mol. The Morgan fingerprint density at radius 3 is 3.00 bits per heavy atom. The van der Waals surface area contributed by atoms with E-state index in [2.05, 4.69) is 10.5 Å². The van der Waals surface area contributed by atoms with Gasteiger partial charge < -0.3 is 14.9 Å². The van der Waals surface area contributed by atoms with Crippen LogP contribution in [0.2, 0.25) is 0 Å². The van der Waals surface area contributed by atoms with Gasteiger partial charge in [-0.25, -0.2) is 8.78 Å². The molecule has 2 heterocycles. The average Bonchev–Trinajstić information content (AvgIpc) is 3.07. The standard InChI is InChI=1S/C18H21F2N3O3/c1-11-4-5-12(17(20)16(11)19)8-21-18(25)15-7-14(26-22-15)10-23-6-2-3-13(24)9-23/h4-5,7,13,24H,2-3,6,8-10H2,1H3,(H,21,25)/t13-/m1/s1. The van der Waals surface area contributed by atoms with E-state index in [9.17, 15) is 18.7 Å². The first-order chi connectivity index (χ1) is 12.4. The van der Waals surface area contributed by atoms with Crippen molar-refractivity contribution in [2.75, 3.05) is 13.1 Å². The lowest BCUT2D eigenvalue weighted by Crippen LogP contribution is -2.37. The molecule has 0 aliphatic carbocycles. The minimum absolute atomic E-state index is 0.0625. The van der Waals surface area contributed by atoms with E-state index >= 15 is 0 Å². The van der Waals surface area contributed by atoms with Crippen molar-refractivity contribution in [3.8, 4) is 0 Å². The molecule has 1 amide bonds. The van der Waals surface area contributed by atoms with Crippen molar-refractivity contribution in [2.45, 2.75) is 39.0 Å². The van der Waals surface area contributed by atoms with Crippen LogP contribution in [0.15, 0.2) is 22.7 Å². The predicted molar refractivity (Wildman–Crippen MR) is 89.3 cm³/mol. The van der Waals surface area contributed by atoms with E-state index in [-0.39, 0.29) is 29.5 Å². The van der Waals surface area contributed by atoms with Crippen molar-refractivity contribution in [1.29, 1.82) is 0 Å². The van der Waals surface area contributed by atoms with Crippen molar-refractivity contribution < 1.29 is 23.2 Å². The van der Waals surface area contributed by atoms with Crippen molar-refractivity contribution in [3.63, 3.8) is 0 Å². The quantitative estimate of drug-likeness (QED) is 0.849. The molecule has 1 aromatic carbocycles. The molecule has 0 unspecified atom stereocenters. The van der Waals surface area contributed by atoms with Gasteiger partial charge in [0.2, 0.25) is 0 Å². The first kappa shape index (κ1) is 18.5. The number of β-amino-alcohol motifs (C(OH)–C–C–N with tert-alkyl or cyclic N) is 1. The summed E-state index contributed by atoms with van der Waals surface area (Å²) in [7, 11) is 0. The number of piperidine rings is 1. The van der Waals surface area contributed by atoms with Gasteiger partial charge in [0.1, 0.15) is 0 Å². The lowest BCUT2D eigenvalue weighted by atomic mass is 10.1. The number of aromatic nitrogens is 1. The monoisotopic (exact) mass is 365 g/mol. The number of halogens is 2. The number of likely N-dealkylation sites (tertiary alicyclic amines) is 1. The highest BCUT2D eigenvalue weighted by molar-refractivity contribution is 5.92. The highest BCUT2D eigenvalue weighted by Gasteiger charge is 2.20. The summed E-state index contributed by atoms with van der Waals surface area (Å²) in [6, 6.07) is 4.41. The zero-order valence-corrected chi connectivity index (χ0v) is 14.5. The molecule has 1 aromatic heterocycles. The third kappa shape index (κ3) is 4.25. The molecule has 1 atom stereocenters. The lowest BCUT2D eigenvalue weighted by Gasteiger charge is -2.28. The summed E-state index contributed by atoms with van der Waals surface area (Å²) in [5, 5.41) is 15.9. The number of carbonyl (C=O) groups excluding carboxylic acids is 1. The molecule has 1 aliphatic heterocycles. The molecule has 26 heavy (non-hydrogen) atoms. The van der Waals surface area contributed by atoms with E-state index in [1.165, 1.54) is 25.1 Å². The highest BCUT2D eigenvalue weighted by atomic mass is 19.2. The van der Waals surface area contributed by atoms with E-state index in [0.717, 1.165) is 19.4 Å². The number of aryl methyl sites for hydroxylation is 1. The second kappa shape index (κ2) is 7.92. The fourth-order valence-electron chi connectivity index (χ4n) is 2.98. The second-order valence-corrected chi connectivity index (χ2v) is 6.56. The number of aliphatic hydroxyl groups excluding tert-OH is 1. The molecule has 140 valence electrons. The van der Waals surface area contributed by atoms with Gasteiger partial charge in [-0.05, 0) is 31.9 Å². The third-order valence-electron chi connectivity index (χ3n) is 4.45. The Labute approximate surface area is 149 Å². The van der Waals surface area contributed by atoms with Gasteiger partial charge in [0.15, 0.2) is 23.1 Å².